The highest BCUT2D eigenvalue weighted by Crippen LogP contribution is 2.23. The number of thiazole rings is 1. The van der Waals surface area contributed by atoms with Crippen LogP contribution >= 0.6 is 11.3 Å². The van der Waals surface area contributed by atoms with E-state index in [1.54, 1.807) is 17.5 Å². The Hall–Kier alpha value is -3.25. The Morgan fingerprint density at radius 3 is 2.57 bits per heavy atom. The second kappa shape index (κ2) is 8.63. The van der Waals surface area contributed by atoms with Crippen LogP contribution in [0.3, 0.4) is 0 Å². The monoisotopic (exact) mass is 388 g/mol. The second-order valence-electron chi connectivity index (χ2n) is 6.44. The lowest BCUT2D eigenvalue weighted by atomic mass is 10.1. The maximum absolute atomic E-state index is 12.4. The maximum atomic E-state index is 12.4. The molecule has 0 aliphatic heterocycles. The summed E-state index contributed by atoms with van der Waals surface area (Å²) in [6, 6.07) is 20.0. The van der Waals surface area contributed by atoms with Gasteiger partial charge >= 0.3 is 0 Å². The third-order valence-corrected chi connectivity index (χ3v) is 5.34. The molecule has 0 fully saturated rings. The Kier molecular flexibility index (Phi) is 5.58. The number of aromatic nitrogens is 3. The molecule has 2 aromatic heterocycles. The Morgan fingerprint density at radius 2 is 1.79 bits per heavy atom. The average molecular weight is 388 g/mol. The highest BCUT2D eigenvalue weighted by molar-refractivity contribution is 7.13. The molecule has 5 nitrogen and oxygen atoms in total. The Morgan fingerprint density at radius 1 is 1.00 bits per heavy atom. The smallest absolute Gasteiger partial charge is 0.226 e. The molecule has 4 aromatic rings. The van der Waals surface area contributed by atoms with E-state index < -0.39 is 0 Å². The normalized spacial score (nSPS) is 10.7. The molecule has 1 amide bonds. The lowest BCUT2D eigenvalue weighted by molar-refractivity contribution is -0.120. The number of hydrogen-bond acceptors (Lipinski definition) is 4. The summed E-state index contributed by atoms with van der Waals surface area (Å²) in [6.07, 6.45) is 3.98. The van der Waals surface area contributed by atoms with Crippen LogP contribution in [0.4, 0.5) is 0 Å². The topological polar surface area (TPSA) is 59.8 Å². The van der Waals surface area contributed by atoms with E-state index in [0.717, 1.165) is 27.4 Å². The maximum Gasteiger partial charge on any atom is 0.226 e. The van der Waals surface area contributed by atoms with Crippen molar-refractivity contribution in [3.63, 3.8) is 0 Å². The predicted molar refractivity (Wildman–Crippen MR) is 111 cm³/mol. The molecule has 28 heavy (non-hydrogen) atoms. The van der Waals surface area contributed by atoms with E-state index in [1.165, 1.54) is 0 Å². The van der Waals surface area contributed by atoms with Crippen LogP contribution in [-0.2, 0) is 24.3 Å². The van der Waals surface area contributed by atoms with Crippen LogP contribution in [0.15, 0.2) is 78.4 Å². The lowest BCUT2D eigenvalue weighted by Crippen LogP contribution is -2.25. The number of hydrogen-bond donors (Lipinski definition) is 1. The van der Waals surface area contributed by atoms with Gasteiger partial charge in [-0.15, -0.1) is 11.3 Å². The van der Waals surface area contributed by atoms with Gasteiger partial charge < -0.3 is 5.32 Å². The van der Waals surface area contributed by atoms with Gasteiger partial charge in [-0.25, -0.2) is 4.98 Å². The first-order valence-corrected chi connectivity index (χ1v) is 9.96. The zero-order chi connectivity index (χ0) is 19.2. The van der Waals surface area contributed by atoms with Crippen LogP contribution in [0.1, 0.15) is 16.8 Å². The Bertz CT molecular complexity index is 1040. The fourth-order valence-corrected chi connectivity index (χ4v) is 3.80. The van der Waals surface area contributed by atoms with Gasteiger partial charge in [0.15, 0.2) is 0 Å². The van der Waals surface area contributed by atoms with Gasteiger partial charge in [-0.2, -0.15) is 5.10 Å². The SMILES string of the molecule is O=C(Cc1csc(-c2ccccc2)n1)NCc1ccccc1Cn1cccn1. The summed E-state index contributed by atoms with van der Waals surface area (Å²) in [5.41, 5.74) is 4.11. The van der Waals surface area contributed by atoms with Gasteiger partial charge in [0.2, 0.25) is 5.91 Å². The van der Waals surface area contributed by atoms with E-state index in [4.69, 9.17) is 0 Å². The van der Waals surface area contributed by atoms with Gasteiger partial charge in [-0.3, -0.25) is 9.48 Å². The van der Waals surface area contributed by atoms with Crippen molar-refractivity contribution in [2.45, 2.75) is 19.5 Å². The van der Waals surface area contributed by atoms with Gasteiger partial charge in [0.25, 0.3) is 0 Å². The van der Waals surface area contributed by atoms with E-state index in [0.29, 0.717) is 13.1 Å². The van der Waals surface area contributed by atoms with E-state index in [9.17, 15) is 4.79 Å². The van der Waals surface area contributed by atoms with Crippen molar-refractivity contribution < 1.29 is 4.79 Å². The highest BCUT2D eigenvalue weighted by atomic mass is 32.1. The first kappa shape index (κ1) is 18.1. The molecule has 2 heterocycles. The quantitative estimate of drug-likeness (QED) is 0.522. The van der Waals surface area contributed by atoms with Crippen LogP contribution in [-0.4, -0.2) is 20.7 Å². The summed E-state index contributed by atoms with van der Waals surface area (Å²) >= 11 is 1.56. The molecule has 6 heteroatoms. The molecule has 0 spiro atoms. The van der Waals surface area contributed by atoms with Gasteiger partial charge in [-0.1, -0.05) is 54.6 Å². The first-order chi connectivity index (χ1) is 13.8. The van der Waals surface area contributed by atoms with Gasteiger partial charge in [0, 0.05) is 29.9 Å². The van der Waals surface area contributed by atoms with Crippen molar-refractivity contribution in [3.05, 3.63) is 95.3 Å². The third-order valence-electron chi connectivity index (χ3n) is 4.40. The fourth-order valence-electron chi connectivity index (χ4n) is 2.98. The third kappa shape index (κ3) is 4.53. The van der Waals surface area contributed by atoms with E-state index in [-0.39, 0.29) is 12.3 Å². The van der Waals surface area contributed by atoms with Crippen molar-refractivity contribution in [1.29, 1.82) is 0 Å². The molecule has 4 rings (SSSR count). The van der Waals surface area contributed by atoms with Crippen molar-refractivity contribution in [1.82, 2.24) is 20.1 Å². The minimum absolute atomic E-state index is 0.0289. The van der Waals surface area contributed by atoms with Crippen LogP contribution in [0.25, 0.3) is 10.6 Å². The molecular weight excluding hydrogens is 368 g/mol. The van der Waals surface area contributed by atoms with Crippen LogP contribution in [0, 0.1) is 0 Å². The van der Waals surface area contributed by atoms with Crippen LogP contribution < -0.4 is 5.32 Å². The molecule has 1 N–H and O–H groups in total. The summed E-state index contributed by atoms with van der Waals surface area (Å²) in [5.74, 6) is -0.0289. The zero-order valence-electron chi connectivity index (χ0n) is 15.3. The van der Waals surface area contributed by atoms with E-state index >= 15 is 0 Å². The van der Waals surface area contributed by atoms with E-state index in [1.807, 2.05) is 70.9 Å². The molecule has 0 radical (unpaired) electrons. The van der Waals surface area contributed by atoms with Gasteiger partial charge in [-0.05, 0) is 17.2 Å². The highest BCUT2D eigenvalue weighted by Gasteiger charge is 2.10. The molecule has 140 valence electrons. The van der Waals surface area contributed by atoms with Gasteiger partial charge in [0.1, 0.15) is 5.01 Å². The lowest BCUT2D eigenvalue weighted by Gasteiger charge is -2.10. The molecule has 0 aliphatic carbocycles. The number of benzene rings is 2. The number of amides is 1. The van der Waals surface area contributed by atoms with Crippen molar-refractivity contribution in [3.8, 4) is 10.6 Å². The number of carbonyl (C=O) groups excluding carboxylic acids is 1. The largest absolute Gasteiger partial charge is 0.352 e. The summed E-state index contributed by atoms with van der Waals surface area (Å²) in [4.78, 5) is 17.0. The van der Waals surface area contributed by atoms with Crippen molar-refractivity contribution in [2.75, 3.05) is 0 Å². The molecule has 0 aliphatic rings. The minimum atomic E-state index is -0.0289. The number of rotatable bonds is 7. The molecule has 0 atom stereocenters. The fraction of sp³-hybridized carbons (Fsp3) is 0.136. The Labute approximate surface area is 167 Å². The summed E-state index contributed by atoms with van der Waals surface area (Å²) in [5, 5.41) is 10.2. The minimum Gasteiger partial charge on any atom is -0.352 e. The molecule has 0 bridgehead atoms. The molecular formula is C22H20N4OS. The first-order valence-electron chi connectivity index (χ1n) is 9.08. The zero-order valence-corrected chi connectivity index (χ0v) is 16.1. The molecule has 0 unspecified atom stereocenters. The number of nitrogens with zero attached hydrogens (tertiary/aromatic N) is 3. The second-order valence-corrected chi connectivity index (χ2v) is 7.29. The average Bonchev–Trinajstić information content (AvgIpc) is 3.40. The summed E-state index contributed by atoms with van der Waals surface area (Å²) < 4.78 is 1.88. The van der Waals surface area contributed by atoms with Gasteiger partial charge in [0.05, 0.1) is 18.7 Å². The summed E-state index contributed by atoms with van der Waals surface area (Å²) in [6.45, 7) is 1.18. The van der Waals surface area contributed by atoms with Crippen LogP contribution in [0.5, 0.6) is 0 Å². The number of carbonyl (C=O) groups is 1. The standard InChI is InChI=1S/C22H20N4OS/c27-21(13-20-16-28-22(25-20)17-7-2-1-3-8-17)23-14-18-9-4-5-10-19(18)15-26-12-6-11-24-26/h1-12,16H,13-15H2,(H,23,27). The van der Waals surface area contributed by atoms with Crippen molar-refractivity contribution in [2.24, 2.45) is 0 Å². The molecule has 0 saturated heterocycles. The molecule has 2 aromatic carbocycles. The predicted octanol–water partition coefficient (Wildman–Crippen LogP) is 3.91. The van der Waals surface area contributed by atoms with Crippen LogP contribution in [0.2, 0.25) is 0 Å². The van der Waals surface area contributed by atoms with Crippen molar-refractivity contribution >= 4 is 17.2 Å². The summed E-state index contributed by atoms with van der Waals surface area (Å²) in [7, 11) is 0. The van der Waals surface area contributed by atoms with E-state index in [2.05, 4.69) is 21.5 Å². The Balaban J connectivity index is 1.36. The molecule has 0 saturated carbocycles. The number of nitrogens with one attached hydrogen (secondary N) is 1.